The molecule has 5 heteroatoms. The lowest BCUT2D eigenvalue weighted by molar-refractivity contribution is -0.123. The molecule has 1 aromatic rings. The first-order chi connectivity index (χ1) is 7.97. The van der Waals surface area contributed by atoms with Crippen LogP contribution in [0.2, 0.25) is 0 Å². The lowest BCUT2D eigenvalue weighted by Gasteiger charge is -2.17. The predicted octanol–water partition coefficient (Wildman–Crippen LogP) is 1.03. The molecule has 2 atom stereocenters. The lowest BCUT2D eigenvalue weighted by atomic mass is 10.1. The minimum Gasteiger partial charge on any atom is -0.348 e. The zero-order valence-corrected chi connectivity index (χ0v) is 11.0. The third kappa shape index (κ3) is 3.30. The predicted molar refractivity (Wildman–Crippen MR) is 67.4 cm³/mol. The zero-order valence-electron chi connectivity index (χ0n) is 11.0. The molecule has 0 spiro atoms. The Morgan fingerprint density at radius 2 is 2.29 bits per heavy atom. The maximum atomic E-state index is 11.8. The summed E-state index contributed by atoms with van der Waals surface area (Å²) in [5.74, 6) is -0.0948. The van der Waals surface area contributed by atoms with Gasteiger partial charge in [-0.15, -0.1) is 0 Å². The molecule has 3 N–H and O–H groups in total. The van der Waals surface area contributed by atoms with E-state index in [1.807, 2.05) is 27.8 Å². The summed E-state index contributed by atoms with van der Waals surface area (Å²) in [6.45, 7) is 5.94. The van der Waals surface area contributed by atoms with Crippen LogP contribution in [-0.2, 0) is 11.8 Å². The van der Waals surface area contributed by atoms with Gasteiger partial charge in [0, 0.05) is 18.3 Å². The Bertz CT molecular complexity index is 386. The summed E-state index contributed by atoms with van der Waals surface area (Å²) in [7, 11) is 1.89. The molecule has 0 aliphatic carbocycles. The van der Waals surface area contributed by atoms with Crippen LogP contribution < -0.4 is 11.1 Å². The summed E-state index contributed by atoms with van der Waals surface area (Å²) in [6.07, 6.45) is 3.41. The van der Waals surface area contributed by atoms with Gasteiger partial charge in [-0.25, -0.2) is 0 Å². The molecule has 0 fully saturated rings. The molecule has 0 aliphatic heterocycles. The first-order valence-electron chi connectivity index (χ1n) is 6.01. The lowest BCUT2D eigenvalue weighted by Crippen LogP contribution is -2.41. The highest BCUT2D eigenvalue weighted by atomic mass is 16.2. The van der Waals surface area contributed by atoms with E-state index in [0.29, 0.717) is 6.42 Å². The number of nitrogens with one attached hydrogen (secondary N) is 1. The molecule has 0 saturated heterocycles. The number of nitrogens with zero attached hydrogens (tertiary/aromatic N) is 2. The average Bonchev–Trinajstić information content (AvgIpc) is 2.60. The van der Waals surface area contributed by atoms with E-state index in [0.717, 1.165) is 17.7 Å². The van der Waals surface area contributed by atoms with Crippen molar-refractivity contribution in [3.05, 3.63) is 17.5 Å². The summed E-state index contributed by atoms with van der Waals surface area (Å²) in [5, 5.41) is 7.08. The van der Waals surface area contributed by atoms with Gasteiger partial charge in [0.15, 0.2) is 0 Å². The van der Waals surface area contributed by atoms with E-state index in [1.54, 1.807) is 10.9 Å². The second-order valence-electron chi connectivity index (χ2n) is 4.43. The Kier molecular flexibility index (Phi) is 4.69. The fourth-order valence-corrected chi connectivity index (χ4v) is 1.78. The topological polar surface area (TPSA) is 72.9 Å². The Labute approximate surface area is 102 Å². The number of nitrogens with two attached hydrogens (primary N) is 1. The zero-order chi connectivity index (χ0) is 13.0. The van der Waals surface area contributed by atoms with Crippen LogP contribution in [0.3, 0.4) is 0 Å². The maximum Gasteiger partial charge on any atom is 0.237 e. The third-order valence-electron chi connectivity index (χ3n) is 3.03. The van der Waals surface area contributed by atoms with Crippen LogP contribution >= 0.6 is 0 Å². The van der Waals surface area contributed by atoms with Crippen molar-refractivity contribution >= 4 is 5.91 Å². The van der Waals surface area contributed by atoms with Crippen molar-refractivity contribution in [2.75, 3.05) is 0 Å². The largest absolute Gasteiger partial charge is 0.348 e. The van der Waals surface area contributed by atoms with Crippen molar-refractivity contribution in [2.45, 2.75) is 45.7 Å². The summed E-state index contributed by atoms with van der Waals surface area (Å²) in [4.78, 5) is 11.8. The molecule has 96 valence electrons. The van der Waals surface area contributed by atoms with Crippen LogP contribution in [0.25, 0.3) is 0 Å². The van der Waals surface area contributed by atoms with Crippen molar-refractivity contribution in [3.63, 3.8) is 0 Å². The summed E-state index contributed by atoms with van der Waals surface area (Å²) in [5.41, 5.74) is 7.85. The number of amides is 1. The normalized spacial score (nSPS) is 14.4. The first kappa shape index (κ1) is 13.7. The monoisotopic (exact) mass is 238 g/mol. The minimum atomic E-state index is -0.417. The van der Waals surface area contributed by atoms with E-state index in [4.69, 9.17) is 5.73 Å². The molecule has 0 saturated carbocycles. The van der Waals surface area contributed by atoms with Crippen LogP contribution in [0.5, 0.6) is 0 Å². The van der Waals surface area contributed by atoms with E-state index in [-0.39, 0.29) is 11.9 Å². The van der Waals surface area contributed by atoms with Gasteiger partial charge in [-0.3, -0.25) is 9.48 Å². The molecule has 0 aromatic carbocycles. The fraction of sp³-hybridized carbons (Fsp3) is 0.667. The van der Waals surface area contributed by atoms with Gasteiger partial charge in [-0.2, -0.15) is 5.10 Å². The number of rotatable bonds is 5. The number of carbonyl (C=O) groups excluding carboxylic acids is 1. The Balaban J connectivity index is 2.63. The van der Waals surface area contributed by atoms with Crippen LogP contribution in [-0.4, -0.2) is 21.7 Å². The van der Waals surface area contributed by atoms with E-state index >= 15 is 0 Å². The van der Waals surface area contributed by atoms with Crippen molar-refractivity contribution in [1.82, 2.24) is 15.1 Å². The van der Waals surface area contributed by atoms with E-state index in [1.165, 1.54) is 0 Å². The standard InChI is InChI=1S/C12H22N4O/c1-5-6-11(13)12(17)15-8(2)10-7-14-16(4)9(10)3/h7-8,11H,5-6,13H2,1-4H3,(H,15,17). The molecule has 1 heterocycles. The number of aromatic nitrogens is 2. The molecule has 5 nitrogen and oxygen atoms in total. The van der Waals surface area contributed by atoms with Gasteiger partial charge in [0.2, 0.25) is 5.91 Å². The SMILES string of the molecule is CCCC(N)C(=O)NC(C)c1cnn(C)c1C. The van der Waals surface area contributed by atoms with Gasteiger partial charge in [0.1, 0.15) is 0 Å². The molecule has 2 unspecified atom stereocenters. The van der Waals surface area contributed by atoms with Gasteiger partial charge in [-0.1, -0.05) is 13.3 Å². The van der Waals surface area contributed by atoms with Crippen LogP contribution in [0.4, 0.5) is 0 Å². The molecule has 0 radical (unpaired) electrons. The van der Waals surface area contributed by atoms with Gasteiger partial charge >= 0.3 is 0 Å². The Morgan fingerprint density at radius 1 is 1.65 bits per heavy atom. The third-order valence-corrected chi connectivity index (χ3v) is 3.03. The van der Waals surface area contributed by atoms with Gasteiger partial charge < -0.3 is 11.1 Å². The summed E-state index contributed by atoms with van der Waals surface area (Å²) >= 11 is 0. The molecule has 17 heavy (non-hydrogen) atoms. The first-order valence-corrected chi connectivity index (χ1v) is 6.01. The average molecular weight is 238 g/mol. The van der Waals surface area contributed by atoms with Gasteiger partial charge in [0.25, 0.3) is 0 Å². The number of carbonyl (C=O) groups is 1. The molecule has 0 aliphatic rings. The van der Waals surface area contributed by atoms with Crippen molar-refractivity contribution < 1.29 is 4.79 Å². The van der Waals surface area contributed by atoms with Crippen molar-refractivity contribution in [1.29, 1.82) is 0 Å². The van der Waals surface area contributed by atoms with Crippen molar-refractivity contribution in [2.24, 2.45) is 12.8 Å². The second-order valence-corrected chi connectivity index (χ2v) is 4.43. The second kappa shape index (κ2) is 5.82. The Morgan fingerprint density at radius 3 is 2.76 bits per heavy atom. The minimum absolute atomic E-state index is 0.0564. The van der Waals surface area contributed by atoms with E-state index < -0.39 is 6.04 Å². The van der Waals surface area contributed by atoms with Crippen LogP contribution in [0.15, 0.2) is 6.20 Å². The highest BCUT2D eigenvalue weighted by molar-refractivity contribution is 5.81. The van der Waals surface area contributed by atoms with Crippen LogP contribution in [0.1, 0.15) is 44.0 Å². The van der Waals surface area contributed by atoms with Gasteiger partial charge in [-0.05, 0) is 20.3 Å². The van der Waals surface area contributed by atoms with Crippen LogP contribution in [0, 0.1) is 6.92 Å². The molecule has 1 amide bonds. The number of aryl methyl sites for hydroxylation is 1. The van der Waals surface area contributed by atoms with E-state index in [2.05, 4.69) is 10.4 Å². The Hall–Kier alpha value is -1.36. The molecule has 1 rings (SSSR count). The quantitative estimate of drug-likeness (QED) is 0.804. The molecular formula is C12H22N4O. The smallest absolute Gasteiger partial charge is 0.237 e. The number of hydrogen-bond donors (Lipinski definition) is 2. The van der Waals surface area contributed by atoms with E-state index in [9.17, 15) is 4.79 Å². The summed E-state index contributed by atoms with van der Waals surface area (Å²) in [6, 6.07) is -0.474. The summed E-state index contributed by atoms with van der Waals surface area (Å²) < 4.78 is 1.80. The number of hydrogen-bond acceptors (Lipinski definition) is 3. The van der Waals surface area contributed by atoms with Gasteiger partial charge in [0.05, 0.1) is 18.3 Å². The fourth-order valence-electron chi connectivity index (χ4n) is 1.78. The maximum absolute atomic E-state index is 11.8. The van der Waals surface area contributed by atoms with Crippen molar-refractivity contribution in [3.8, 4) is 0 Å². The molecule has 0 bridgehead atoms. The highest BCUT2D eigenvalue weighted by Crippen LogP contribution is 2.16. The molecule has 1 aromatic heterocycles. The highest BCUT2D eigenvalue weighted by Gasteiger charge is 2.18. The molecular weight excluding hydrogens is 216 g/mol.